The highest BCUT2D eigenvalue weighted by atomic mass is 35.5. The largest absolute Gasteiger partial charge is 0.494 e. The van der Waals surface area contributed by atoms with Gasteiger partial charge in [0.05, 0.1) is 24.8 Å². The molecule has 0 aliphatic heterocycles. The summed E-state index contributed by atoms with van der Waals surface area (Å²) in [5, 5.41) is 26.6. The lowest BCUT2D eigenvalue weighted by Gasteiger charge is -2.06. The molecular formula is C26H41ClN4O4. The number of oxime groups is 1. The third-order valence-electron chi connectivity index (χ3n) is 4.77. The van der Waals surface area contributed by atoms with Crippen LogP contribution in [0.4, 0.5) is 0 Å². The Labute approximate surface area is 215 Å². The molecular weight excluding hydrogens is 468 g/mol. The summed E-state index contributed by atoms with van der Waals surface area (Å²) in [6, 6.07) is 16.5. The summed E-state index contributed by atoms with van der Waals surface area (Å²) in [4.78, 5) is 0. The number of ether oxygens (including phenoxy) is 2. The minimum Gasteiger partial charge on any atom is -0.494 e. The van der Waals surface area contributed by atoms with Crippen molar-refractivity contribution < 1.29 is 19.9 Å². The van der Waals surface area contributed by atoms with Crippen LogP contribution >= 0.6 is 12.4 Å². The first-order valence-corrected chi connectivity index (χ1v) is 11.7. The van der Waals surface area contributed by atoms with E-state index in [0.717, 1.165) is 37.6 Å². The number of nitriles is 1. The maximum atomic E-state index is 8.61. The molecule has 196 valence electrons. The van der Waals surface area contributed by atoms with E-state index in [1.807, 2.05) is 24.3 Å². The molecule has 0 aliphatic rings. The van der Waals surface area contributed by atoms with Crippen molar-refractivity contribution in [3.63, 3.8) is 0 Å². The molecule has 2 aromatic rings. The Morgan fingerprint density at radius 2 is 1.23 bits per heavy atom. The number of halogens is 1. The van der Waals surface area contributed by atoms with Gasteiger partial charge in [0.15, 0.2) is 5.84 Å². The van der Waals surface area contributed by atoms with Crippen molar-refractivity contribution in [1.29, 1.82) is 5.26 Å². The molecule has 35 heavy (non-hydrogen) atoms. The van der Waals surface area contributed by atoms with E-state index in [9.17, 15) is 0 Å². The van der Waals surface area contributed by atoms with Crippen LogP contribution in [-0.4, -0.2) is 29.5 Å². The van der Waals surface area contributed by atoms with E-state index in [2.05, 4.69) is 31.0 Å². The van der Waals surface area contributed by atoms with Crippen molar-refractivity contribution >= 4 is 18.2 Å². The number of nitrogens with two attached hydrogens (primary N) is 2. The summed E-state index contributed by atoms with van der Waals surface area (Å²) in [5.74, 6) is 5.28. The van der Waals surface area contributed by atoms with Gasteiger partial charge in [-0.25, -0.2) is 5.90 Å². The van der Waals surface area contributed by atoms with E-state index >= 15 is 0 Å². The average molecular weight is 509 g/mol. The Morgan fingerprint density at radius 3 is 1.60 bits per heavy atom. The third-order valence-corrected chi connectivity index (χ3v) is 4.77. The molecule has 0 atom stereocenters. The molecule has 0 fully saturated rings. The SMILES string of the molecule is CCCCCCOc1ccc(/C(N)=N/O)cc1.CCCCCCOc1ccc(C#N)cc1.Cl.NO. The molecule has 9 heteroatoms. The monoisotopic (exact) mass is 508 g/mol. The molecule has 0 aromatic heterocycles. The molecule has 2 aromatic carbocycles. The Hall–Kier alpha value is -2.99. The van der Waals surface area contributed by atoms with Crippen LogP contribution in [-0.2, 0) is 0 Å². The zero-order valence-electron chi connectivity index (χ0n) is 20.9. The Balaban J connectivity index is 0. The van der Waals surface area contributed by atoms with Crippen molar-refractivity contribution in [3.05, 3.63) is 59.7 Å². The van der Waals surface area contributed by atoms with Gasteiger partial charge < -0.3 is 25.6 Å². The van der Waals surface area contributed by atoms with E-state index in [-0.39, 0.29) is 18.2 Å². The Morgan fingerprint density at radius 1 is 0.800 bits per heavy atom. The lowest BCUT2D eigenvalue weighted by atomic mass is 10.2. The van der Waals surface area contributed by atoms with Gasteiger partial charge in [-0.1, -0.05) is 57.5 Å². The van der Waals surface area contributed by atoms with E-state index < -0.39 is 0 Å². The number of amidine groups is 1. The average Bonchev–Trinajstić information content (AvgIpc) is 2.90. The molecule has 8 nitrogen and oxygen atoms in total. The number of benzene rings is 2. The van der Waals surface area contributed by atoms with Crippen LogP contribution in [0.15, 0.2) is 53.7 Å². The quantitative estimate of drug-likeness (QED) is 0.0850. The molecule has 0 unspecified atom stereocenters. The van der Waals surface area contributed by atoms with Crippen LogP contribution in [0.1, 0.15) is 76.3 Å². The van der Waals surface area contributed by atoms with E-state index in [0.29, 0.717) is 11.1 Å². The second-order valence-electron chi connectivity index (χ2n) is 7.46. The zero-order valence-corrected chi connectivity index (χ0v) is 21.7. The van der Waals surface area contributed by atoms with E-state index in [1.54, 1.807) is 24.3 Å². The summed E-state index contributed by atoms with van der Waals surface area (Å²) < 4.78 is 11.1. The molecule has 6 N–H and O–H groups in total. The van der Waals surface area contributed by atoms with Crippen LogP contribution in [0.2, 0.25) is 0 Å². The van der Waals surface area contributed by atoms with Gasteiger partial charge in [-0.15, -0.1) is 12.4 Å². The van der Waals surface area contributed by atoms with Crippen LogP contribution in [0.25, 0.3) is 0 Å². The predicted molar refractivity (Wildman–Crippen MR) is 143 cm³/mol. The van der Waals surface area contributed by atoms with Crippen LogP contribution in [0, 0.1) is 11.3 Å². The molecule has 0 bridgehead atoms. The maximum Gasteiger partial charge on any atom is 0.170 e. The highest BCUT2D eigenvalue weighted by Gasteiger charge is 1.99. The minimum absolute atomic E-state index is 0. The molecule has 0 saturated carbocycles. The first-order chi connectivity index (χ1) is 16.6. The smallest absolute Gasteiger partial charge is 0.170 e. The van der Waals surface area contributed by atoms with Crippen molar-refractivity contribution in [3.8, 4) is 17.6 Å². The molecule has 0 radical (unpaired) electrons. The molecule has 0 amide bonds. The van der Waals surface area contributed by atoms with Gasteiger partial charge in [0, 0.05) is 5.56 Å². The topological polar surface area (TPSA) is 147 Å². The van der Waals surface area contributed by atoms with Crippen molar-refractivity contribution in [2.75, 3.05) is 13.2 Å². The standard InChI is InChI=1S/C13H20N2O2.C13H17NO.ClH.H3NO/c1-2-3-4-5-10-17-12-8-6-11(7-9-12)13(14)15-16;1-2-3-4-5-10-15-13-8-6-12(11-14)7-9-13;;1-2/h6-9,16H,2-5,10H2,1H3,(H2,14,15);6-9H,2-5,10H2,1H3;1H;2H,1H2. The van der Waals surface area contributed by atoms with Gasteiger partial charge in [0.2, 0.25) is 0 Å². The van der Waals surface area contributed by atoms with Gasteiger partial charge in [-0.05, 0) is 61.4 Å². The highest BCUT2D eigenvalue weighted by Crippen LogP contribution is 2.13. The summed E-state index contributed by atoms with van der Waals surface area (Å²) in [7, 11) is 0. The Bertz CT molecular complexity index is 810. The van der Waals surface area contributed by atoms with Crippen molar-refractivity contribution in [2.45, 2.75) is 65.2 Å². The molecule has 2 rings (SSSR count). The fraction of sp³-hybridized carbons (Fsp3) is 0.462. The molecule has 0 spiro atoms. The minimum atomic E-state index is 0. The van der Waals surface area contributed by atoms with Crippen molar-refractivity contribution in [1.82, 2.24) is 0 Å². The normalized spacial score (nSPS) is 9.86. The van der Waals surface area contributed by atoms with Crippen LogP contribution < -0.4 is 21.1 Å². The predicted octanol–water partition coefficient (Wildman–Crippen LogP) is 6.01. The summed E-state index contributed by atoms with van der Waals surface area (Å²) >= 11 is 0. The number of hydrogen-bond donors (Lipinski definition) is 4. The first kappa shape index (κ1) is 34.2. The summed E-state index contributed by atoms with van der Waals surface area (Å²) in [6.45, 7) is 5.89. The molecule has 0 heterocycles. The van der Waals surface area contributed by atoms with Gasteiger partial charge in [-0.2, -0.15) is 5.26 Å². The summed E-state index contributed by atoms with van der Waals surface area (Å²) in [5.41, 5.74) is 6.82. The van der Waals surface area contributed by atoms with E-state index in [4.69, 9.17) is 30.9 Å². The highest BCUT2D eigenvalue weighted by molar-refractivity contribution is 5.97. The van der Waals surface area contributed by atoms with Gasteiger partial charge in [-0.3, -0.25) is 0 Å². The molecule has 0 saturated heterocycles. The number of hydrogen-bond acceptors (Lipinski definition) is 7. The summed E-state index contributed by atoms with van der Waals surface area (Å²) in [6.07, 6.45) is 9.63. The number of unbranched alkanes of at least 4 members (excludes halogenated alkanes) is 6. The number of rotatable bonds is 13. The second kappa shape index (κ2) is 24.1. The van der Waals surface area contributed by atoms with E-state index in [1.165, 1.54) is 38.5 Å². The fourth-order valence-corrected chi connectivity index (χ4v) is 2.84. The number of nitrogens with zero attached hydrogens (tertiary/aromatic N) is 2. The third kappa shape index (κ3) is 17.1. The Kier molecular flexibility index (Phi) is 23.6. The van der Waals surface area contributed by atoms with Gasteiger partial charge in [0.25, 0.3) is 0 Å². The van der Waals surface area contributed by atoms with Gasteiger partial charge >= 0.3 is 0 Å². The second-order valence-corrected chi connectivity index (χ2v) is 7.46. The molecule has 0 aliphatic carbocycles. The fourth-order valence-electron chi connectivity index (χ4n) is 2.84. The van der Waals surface area contributed by atoms with Gasteiger partial charge in [0.1, 0.15) is 11.5 Å². The lowest BCUT2D eigenvalue weighted by molar-refractivity contribution is 0.305. The van der Waals surface area contributed by atoms with Crippen LogP contribution in [0.3, 0.4) is 0 Å². The maximum absolute atomic E-state index is 8.61. The van der Waals surface area contributed by atoms with Crippen molar-refractivity contribution in [2.24, 2.45) is 16.8 Å². The van der Waals surface area contributed by atoms with Crippen LogP contribution in [0.5, 0.6) is 11.5 Å². The lowest BCUT2D eigenvalue weighted by Crippen LogP contribution is -2.12. The zero-order chi connectivity index (χ0) is 25.4. The first-order valence-electron chi connectivity index (χ1n) is 11.7.